The number of ether oxygens (including phenoxy) is 1. The van der Waals surface area contributed by atoms with Crippen molar-refractivity contribution in [3.05, 3.63) is 29.8 Å². The molecule has 4 N–H and O–H groups in total. The number of amidine groups is 1. The SMILES string of the molecule is CCCOc1ccccc1C(N)=NN. The lowest BCUT2D eigenvalue weighted by molar-refractivity contribution is 0.317. The number of benzene rings is 1. The van der Waals surface area contributed by atoms with E-state index in [2.05, 4.69) is 5.10 Å². The molecule has 0 aliphatic heterocycles. The van der Waals surface area contributed by atoms with Crippen LogP contribution in [-0.2, 0) is 0 Å². The highest BCUT2D eigenvalue weighted by atomic mass is 16.5. The van der Waals surface area contributed by atoms with E-state index in [4.69, 9.17) is 16.3 Å². The van der Waals surface area contributed by atoms with Crippen LogP contribution in [0.1, 0.15) is 18.9 Å². The van der Waals surface area contributed by atoms with Crippen molar-refractivity contribution in [3.8, 4) is 5.75 Å². The molecule has 0 spiro atoms. The number of para-hydroxylation sites is 1. The first-order chi connectivity index (χ1) is 6.79. The minimum atomic E-state index is 0.289. The highest BCUT2D eigenvalue weighted by molar-refractivity contribution is 5.99. The molecule has 1 rings (SSSR count). The first kappa shape index (κ1) is 10.4. The third-order valence-electron chi connectivity index (χ3n) is 1.76. The standard InChI is InChI=1S/C10H15N3O/c1-2-7-14-9-6-4-3-5-8(9)10(11)13-12/h3-6H,2,7,12H2,1H3,(H2,11,13). The van der Waals surface area contributed by atoms with Crippen LogP contribution in [0.25, 0.3) is 0 Å². The van der Waals surface area contributed by atoms with Crippen molar-refractivity contribution in [1.29, 1.82) is 0 Å². The van der Waals surface area contributed by atoms with E-state index in [1.54, 1.807) is 0 Å². The summed E-state index contributed by atoms with van der Waals surface area (Å²) in [7, 11) is 0. The molecule has 0 fully saturated rings. The Morgan fingerprint density at radius 3 is 2.79 bits per heavy atom. The molecule has 0 aliphatic carbocycles. The monoisotopic (exact) mass is 193 g/mol. The number of hydrogen-bond donors (Lipinski definition) is 2. The van der Waals surface area contributed by atoms with Crippen molar-refractivity contribution >= 4 is 5.84 Å². The summed E-state index contributed by atoms with van der Waals surface area (Å²) < 4.78 is 5.49. The maximum atomic E-state index is 5.61. The van der Waals surface area contributed by atoms with Crippen LogP contribution >= 0.6 is 0 Å². The number of nitrogens with zero attached hydrogens (tertiary/aromatic N) is 1. The van der Waals surface area contributed by atoms with E-state index in [1.807, 2.05) is 31.2 Å². The predicted octanol–water partition coefficient (Wildman–Crippen LogP) is 1.05. The highest BCUT2D eigenvalue weighted by Gasteiger charge is 2.05. The summed E-state index contributed by atoms with van der Waals surface area (Å²) in [6.45, 7) is 2.71. The van der Waals surface area contributed by atoms with Crippen LogP contribution in [0.3, 0.4) is 0 Å². The van der Waals surface area contributed by atoms with Gasteiger partial charge in [-0.25, -0.2) is 0 Å². The second kappa shape index (κ2) is 5.11. The summed E-state index contributed by atoms with van der Waals surface area (Å²) >= 11 is 0. The maximum Gasteiger partial charge on any atom is 0.154 e. The van der Waals surface area contributed by atoms with Crippen molar-refractivity contribution in [2.45, 2.75) is 13.3 Å². The van der Waals surface area contributed by atoms with Gasteiger partial charge in [-0.3, -0.25) is 0 Å². The molecule has 0 atom stereocenters. The van der Waals surface area contributed by atoms with Crippen molar-refractivity contribution < 1.29 is 4.74 Å². The van der Waals surface area contributed by atoms with Crippen LogP contribution < -0.4 is 16.3 Å². The first-order valence-corrected chi connectivity index (χ1v) is 4.55. The molecule has 1 aromatic rings. The minimum Gasteiger partial charge on any atom is -0.493 e. The molecule has 0 aromatic heterocycles. The number of hydrazone groups is 1. The molecule has 0 radical (unpaired) electrons. The lowest BCUT2D eigenvalue weighted by Crippen LogP contribution is -2.17. The second-order valence-electron chi connectivity index (χ2n) is 2.86. The summed E-state index contributed by atoms with van der Waals surface area (Å²) in [5.41, 5.74) is 6.35. The Labute approximate surface area is 83.5 Å². The Morgan fingerprint density at radius 1 is 1.43 bits per heavy atom. The Bertz CT molecular complexity index is 323. The van der Waals surface area contributed by atoms with Gasteiger partial charge in [-0.2, -0.15) is 5.10 Å². The van der Waals surface area contributed by atoms with Gasteiger partial charge in [-0.15, -0.1) is 0 Å². The van der Waals surface area contributed by atoms with E-state index in [0.717, 1.165) is 17.7 Å². The van der Waals surface area contributed by atoms with Crippen LogP contribution in [-0.4, -0.2) is 12.4 Å². The Kier molecular flexibility index (Phi) is 3.79. The quantitative estimate of drug-likeness (QED) is 0.325. The van der Waals surface area contributed by atoms with Crippen molar-refractivity contribution in [3.63, 3.8) is 0 Å². The van der Waals surface area contributed by atoms with Crippen LogP contribution in [0.2, 0.25) is 0 Å². The van der Waals surface area contributed by atoms with E-state index < -0.39 is 0 Å². The van der Waals surface area contributed by atoms with Crippen molar-refractivity contribution in [2.75, 3.05) is 6.61 Å². The lowest BCUT2D eigenvalue weighted by Gasteiger charge is -2.09. The molecule has 0 unspecified atom stereocenters. The Balaban J connectivity index is 2.91. The van der Waals surface area contributed by atoms with Crippen LogP contribution in [0.15, 0.2) is 29.4 Å². The number of nitrogens with two attached hydrogens (primary N) is 2. The summed E-state index contributed by atoms with van der Waals surface area (Å²) in [5.74, 6) is 6.12. The van der Waals surface area contributed by atoms with Crippen molar-refractivity contribution in [2.24, 2.45) is 16.7 Å². The average molecular weight is 193 g/mol. The molecule has 0 aliphatic rings. The summed E-state index contributed by atoms with van der Waals surface area (Å²) in [4.78, 5) is 0. The maximum absolute atomic E-state index is 5.61. The Hall–Kier alpha value is -1.71. The van der Waals surface area contributed by atoms with E-state index >= 15 is 0 Å². The van der Waals surface area contributed by atoms with Crippen molar-refractivity contribution in [1.82, 2.24) is 0 Å². The molecule has 0 saturated heterocycles. The topological polar surface area (TPSA) is 73.6 Å². The fraction of sp³-hybridized carbons (Fsp3) is 0.300. The highest BCUT2D eigenvalue weighted by Crippen LogP contribution is 2.17. The zero-order chi connectivity index (χ0) is 10.4. The third kappa shape index (κ3) is 2.39. The molecule has 76 valence electrons. The summed E-state index contributed by atoms with van der Waals surface area (Å²) in [5, 5.41) is 3.44. The van der Waals surface area contributed by atoms with E-state index in [9.17, 15) is 0 Å². The minimum absolute atomic E-state index is 0.289. The zero-order valence-corrected chi connectivity index (χ0v) is 8.23. The van der Waals surface area contributed by atoms with E-state index in [-0.39, 0.29) is 5.84 Å². The van der Waals surface area contributed by atoms with Gasteiger partial charge in [0.05, 0.1) is 12.2 Å². The van der Waals surface area contributed by atoms with Gasteiger partial charge in [0, 0.05) is 0 Å². The van der Waals surface area contributed by atoms with Crippen LogP contribution in [0.4, 0.5) is 0 Å². The molecular formula is C10H15N3O. The molecule has 0 bridgehead atoms. The molecule has 4 heteroatoms. The predicted molar refractivity (Wildman–Crippen MR) is 57.1 cm³/mol. The summed E-state index contributed by atoms with van der Waals surface area (Å²) in [6.07, 6.45) is 0.952. The first-order valence-electron chi connectivity index (χ1n) is 4.55. The van der Waals surface area contributed by atoms with Gasteiger partial charge in [0.1, 0.15) is 5.75 Å². The van der Waals surface area contributed by atoms with E-state index in [0.29, 0.717) is 6.61 Å². The molecule has 4 nitrogen and oxygen atoms in total. The van der Waals surface area contributed by atoms with Gasteiger partial charge in [-0.1, -0.05) is 19.1 Å². The fourth-order valence-electron chi connectivity index (χ4n) is 1.09. The lowest BCUT2D eigenvalue weighted by atomic mass is 10.2. The van der Waals surface area contributed by atoms with Gasteiger partial charge in [0.2, 0.25) is 0 Å². The molecular weight excluding hydrogens is 178 g/mol. The second-order valence-corrected chi connectivity index (χ2v) is 2.86. The van der Waals surface area contributed by atoms with Crippen LogP contribution in [0.5, 0.6) is 5.75 Å². The van der Waals surface area contributed by atoms with Gasteiger partial charge >= 0.3 is 0 Å². The normalized spacial score (nSPS) is 11.4. The molecule has 14 heavy (non-hydrogen) atoms. The third-order valence-corrected chi connectivity index (χ3v) is 1.76. The smallest absolute Gasteiger partial charge is 0.154 e. The average Bonchev–Trinajstić information content (AvgIpc) is 2.25. The molecule has 0 amide bonds. The van der Waals surface area contributed by atoms with Gasteiger partial charge in [0.25, 0.3) is 0 Å². The largest absolute Gasteiger partial charge is 0.493 e. The van der Waals surface area contributed by atoms with E-state index in [1.165, 1.54) is 0 Å². The number of hydrogen-bond acceptors (Lipinski definition) is 3. The van der Waals surface area contributed by atoms with Gasteiger partial charge in [-0.05, 0) is 18.6 Å². The van der Waals surface area contributed by atoms with Crippen LogP contribution in [0, 0.1) is 0 Å². The molecule has 0 saturated carbocycles. The Morgan fingerprint density at radius 2 is 2.14 bits per heavy atom. The summed E-state index contributed by atoms with van der Waals surface area (Å²) in [6, 6.07) is 7.43. The fourth-order valence-corrected chi connectivity index (χ4v) is 1.09. The van der Waals surface area contributed by atoms with Gasteiger partial charge < -0.3 is 16.3 Å². The van der Waals surface area contributed by atoms with Gasteiger partial charge in [0.15, 0.2) is 5.84 Å². The zero-order valence-electron chi connectivity index (χ0n) is 8.23. The number of rotatable bonds is 4. The molecule has 0 heterocycles. The molecule has 1 aromatic carbocycles.